The standard InChI is InChI=1S/C48H50N2O2/c1-3-12-31(13-4-1)32-22-25-36-40-29-34(24-27-41(40)50(43(36)28-32)33-14-5-2-6-15-33)49(35-23-26-38-37-16-7-9-19-44(37)52-47(38)30-35)42-18-11-21-46-48(42)39-17-8-10-20-45(39)51-46/h1-5,9-12,19-22,24-25,27,29-33,36,39,42-43,45H,6-8,13-18,23,26,28H2. The Balaban J connectivity index is 1.03. The molecule has 0 spiro atoms. The Kier molecular flexibility index (Phi) is 7.54. The number of hydrogen-bond acceptors (Lipinski definition) is 4. The average Bonchev–Trinajstić information content (AvgIpc) is 3.88. The molecule has 1 aromatic carbocycles. The Morgan fingerprint density at radius 3 is 2.62 bits per heavy atom. The molecule has 1 aromatic heterocycles. The normalized spacial score (nSPS) is 33.2. The van der Waals surface area contributed by atoms with Gasteiger partial charge in [0.2, 0.25) is 0 Å². The second-order valence-electron chi connectivity index (χ2n) is 16.6. The van der Waals surface area contributed by atoms with Crippen LogP contribution in [0.3, 0.4) is 0 Å². The molecule has 0 N–H and O–H groups in total. The number of nitrogens with zero attached hydrogens (tertiary/aromatic N) is 2. The summed E-state index contributed by atoms with van der Waals surface area (Å²) < 4.78 is 13.3. The molecule has 0 saturated heterocycles. The molecular formula is C48H50N2O2. The van der Waals surface area contributed by atoms with E-state index in [1.54, 1.807) is 0 Å². The Morgan fingerprint density at radius 2 is 1.69 bits per heavy atom. The van der Waals surface area contributed by atoms with E-state index in [1.165, 1.54) is 58.6 Å². The van der Waals surface area contributed by atoms with Gasteiger partial charge in [-0.3, -0.25) is 0 Å². The van der Waals surface area contributed by atoms with Gasteiger partial charge in [-0.15, -0.1) is 0 Å². The fourth-order valence-electron chi connectivity index (χ4n) is 11.4. The largest absolute Gasteiger partial charge is 0.486 e. The van der Waals surface area contributed by atoms with Crippen molar-refractivity contribution in [2.75, 3.05) is 9.80 Å². The summed E-state index contributed by atoms with van der Waals surface area (Å²) in [5.41, 5.74) is 10.1. The summed E-state index contributed by atoms with van der Waals surface area (Å²) in [6.45, 7) is 0. The molecule has 0 bridgehead atoms. The van der Waals surface area contributed by atoms with Crippen LogP contribution in [0.15, 0.2) is 119 Å². The van der Waals surface area contributed by atoms with Crippen LogP contribution in [-0.2, 0) is 17.6 Å². The van der Waals surface area contributed by atoms with Crippen LogP contribution in [0.25, 0.3) is 12.2 Å². The number of hydrogen-bond donors (Lipinski definition) is 0. The lowest BCUT2D eigenvalue weighted by Crippen LogP contribution is -2.44. The second-order valence-corrected chi connectivity index (χ2v) is 16.6. The lowest BCUT2D eigenvalue weighted by Gasteiger charge is -2.41. The van der Waals surface area contributed by atoms with Crippen LogP contribution in [0, 0.1) is 17.8 Å². The van der Waals surface area contributed by atoms with Gasteiger partial charge in [0.25, 0.3) is 0 Å². The van der Waals surface area contributed by atoms with Crippen LogP contribution >= 0.6 is 0 Å². The molecule has 4 nitrogen and oxygen atoms in total. The third-order valence-electron chi connectivity index (χ3n) is 13.8. The summed E-state index contributed by atoms with van der Waals surface area (Å²) in [6.07, 6.45) is 49.1. The highest BCUT2D eigenvalue weighted by atomic mass is 16.5. The van der Waals surface area contributed by atoms with Gasteiger partial charge >= 0.3 is 0 Å². The molecule has 3 heterocycles. The fraction of sp³-hybridized carbons (Fsp3) is 0.417. The molecule has 7 aliphatic carbocycles. The van der Waals surface area contributed by atoms with Gasteiger partial charge < -0.3 is 19.0 Å². The quantitative estimate of drug-likeness (QED) is 0.293. The zero-order valence-corrected chi connectivity index (χ0v) is 30.2. The van der Waals surface area contributed by atoms with Crippen molar-refractivity contribution in [3.05, 3.63) is 142 Å². The Bertz CT molecular complexity index is 2060. The van der Waals surface area contributed by atoms with Crippen LogP contribution < -0.4 is 9.80 Å². The van der Waals surface area contributed by atoms with E-state index in [1.807, 2.05) is 0 Å². The first-order valence-electron chi connectivity index (χ1n) is 20.4. The predicted octanol–water partition coefficient (Wildman–Crippen LogP) is 11.1. The Hall–Kier alpha value is -4.44. The van der Waals surface area contributed by atoms with Crippen molar-refractivity contribution in [1.82, 2.24) is 0 Å². The molecule has 8 atom stereocenters. The Labute approximate surface area is 309 Å². The molecule has 8 unspecified atom stereocenters. The van der Waals surface area contributed by atoms with Gasteiger partial charge in [-0.2, -0.15) is 0 Å². The van der Waals surface area contributed by atoms with E-state index in [-0.39, 0.29) is 12.1 Å². The third-order valence-corrected chi connectivity index (χ3v) is 13.8. The van der Waals surface area contributed by atoms with Gasteiger partial charge in [0.05, 0.1) is 6.04 Å². The number of ether oxygens (including phenoxy) is 1. The van der Waals surface area contributed by atoms with E-state index < -0.39 is 0 Å². The molecule has 0 amide bonds. The molecule has 4 heteroatoms. The smallest absolute Gasteiger partial charge is 0.132 e. The van der Waals surface area contributed by atoms with Crippen LogP contribution in [0.2, 0.25) is 0 Å². The predicted molar refractivity (Wildman–Crippen MR) is 212 cm³/mol. The highest BCUT2D eigenvalue weighted by molar-refractivity contribution is 5.74. The van der Waals surface area contributed by atoms with Gasteiger partial charge in [-0.05, 0) is 131 Å². The van der Waals surface area contributed by atoms with Gasteiger partial charge in [-0.1, -0.05) is 66.8 Å². The summed E-state index contributed by atoms with van der Waals surface area (Å²) in [4.78, 5) is 5.62. The van der Waals surface area contributed by atoms with Gasteiger partial charge in [0.1, 0.15) is 23.4 Å². The number of allylic oxidation sites excluding steroid dienone is 10. The first-order valence-corrected chi connectivity index (χ1v) is 20.4. The minimum absolute atomic E-state index is 0.162. The molecule has 11 rings (SSSR count). The van der Waals surface area contributed by atoms with E-state index >= 15 is 0 Å². The molecular weight excluding hydrogens is 637 g/mol. The SMILES string of the molecule is C1=CCC(C2C=CC3c4cc(N(C5=Cc6oc7c(c6CC5)CCC=C7)C5CC=CC6=C5C5CCC=CC5O6)ccc4N(C4CC=CCC4)C3C2)C=C1. The van der Waals surface area contributed by atoms with Gasteiger partial charge in [0.15, 0.2) is 0 Å². The third kappa shape index (κ3) is 5.00. The molecule has 2 aromatic rings. The molecule has 264 valence electrons. The van der Waals surface area contributed by atoms with E-state index in [4.69, 9.17) is 9.15 Å². The van der Waals surface area contributed by atoms with E-state index in [9.17, 15) is 0 Å². The maximum atomic E-state index is 6.67. The topological polar surface area (TPSA) is 28.9 Å². The van der Waals surface area contributed by atoms with Crippen molar-refractivity contribution in [1.29, 1.82) is 0 Å². The van der Waals surface area contributed by atoms with Crippen molar-refractivity contribution in [2.24, 2.45) is 17.8 Å². The lowest BCUT2D eigenvalue weighted by molar-refractivity contribution is 0.153. The molecule has 0 saturated carbocycles. The summed E-state index contributed by atoms with van der Waals surface area (Å²) in [5.74, 6) is 5.32. The van der Waals surface area contributed by atoms with Gasteiger partial charge in [-0.25, -0.2) is 0 Å². The number of rotatable bonds is 5. The van der Waals surface area contributed by atoms with Crippen molar-refractivity contribution in [3.63, 3.8) is 0 Å². The van der Waals surface area contributed by atoms with Crippen molar-refractivity contribution in [2.45, 2.75) is 107 Å². The van der Waals surface area contributed by atoms with Crippen LogP contribution in [0.4, 0.5) is 11.4 Å². The zero-order valence-electron chi connectivity index (χ0n) is 30.2. The summed E-state index contributed by atoms with van der Waals surface area (Å²) in [6, 6.07) is 8.89. The minimum atomic E-state index is 0.162. The first kappa shape index (κ1) is 31.1. The van der Waals surface area contributed by atoms with E-state index in [2.05, 4.69) is 119 Å². The van der Waals surface area contributed by atoms with Crippen molar-refractivity contribution in [3.8, 4) is 0 Å². The molecule has 2 aliphatic heterocycles. The fourth-order valence-corrected chi connectivity index (χ4v) is 11.4. The average molecular weight is 687 g/mol. The maximum Gasteiger partial charge on any atom is 0.132 e. The highest BCUT2D eigenvalue weighted by Crippen LogP contribution is 2.53. The molecule has 9 aliphatic rings. The van der Waals surface area contributed by atoms with Crippen molar-refractivity contribution < 1.29 is 9.15 Å². The first-order chi connectivity index (χ1) is 25.8. The number of fused-ring (bicyclic) bond motifs is 8. The monoisotopic (exact) mass is 686 g/mol. The molecule has 0 fully saturated rings. The van der Waals surface area contributed by atoms with Gasteiger partial charge in [0, 0.05) is 63.8 Å². The number of furan rings is 1. The van der Waals surface area contributed by atoms with E-state index in [0.29, 0.717) is 35.8 Å². The lowest BCUT2D eigenvalue weighted by atomic mass is 9.75. The summed E-state index contributed by atoms with van der Waals surface area (Å²) in [5, 5.41) is 0. The second kappa shape index (κ2) is 12.6. The van der Waals surface area contributed by atoms with Crippen LogP contribution in [0.5, 0.6) is 0 Å². The number of benzene rings is 1. The number of anilines is 2. The van der Waals surface area contributed by atoms with Crippen molar-refractivity contribution >= 4 is 23.5 Å². The summed E-state index contributed by atoms with van der Waals surface area (Å²) >= 11 is 0. The van der Waals surface area contributed by atoms with E-state index in [0.717, 1.165) is 75.1 Å². The zero-order chi connectivity index (χ0) is 34.2. The highest BCUT2D eigenvalue weighted by Gasteiger charge is 2.46. The van der Waals surface area contributed by atoms with Crippen LogP contribution in [0.1, 0.15) is 98.3 Å². The van der Waals surface area contributed by atoms with Crippen LogP contribution in [-0.4, -0.2) is 24.2 Å². The Morgan fingerprint density at radius 1 is 0.731 bits per heavy atom. The summed E-state index contributed by atoms with van der Waals surface area (Å²) in [7, 11) is 0. The molecule has 0 radical (unpaired) electrons. The maximum absolute atomic E-state index is 6.67. The molecule has 52 heavy (non-hydrogen) atoms. The minimum Gasteiger partial charge on any atom is -0.486 e.